The summed E-state index contributed by atoms with van der Waals surface area (Å²) in [6, 6.07) is 7.54. The van der Waals surface area contributed by atoms with E-state index in [0.29, 0.717) is 19.3 Å². The number of carbonyl (C=O) groups is 2. The lowest BCUT2D eigenvalue weighted by Crippen LogP contribution is -2.32. The highest BCUT2D eigenvalue weighted by molar-refractivity contribution is 6.14. The number of hydrogen-bond donors (Lipinski definition) is 0. The van der Waals surface area contributed by atoms with Crippen LogP contribution in [0.15, 0.2) is 30.3 Å². The average Bonchev–Trinajstić information content (AvgIpc) is 2.56. The molecule has 0 N–H and O–H groups in total. The number of hydrogen-bond acceptors (Lipinski definition) is 2. The predicted octanol–water partition coefficient (Wildman–Crippen LogP) is 4.42. The van der Waals surface area contributed by atoms with Gasteiger partial charge < -0.3 is 0 Å². The Hall–Kier alpha value is -1.65. The molecule has 0 fully saturated rings. The van der Waals surface area contributed by atoms with E-state index in [1.165, 1.54) is 12.1 Å². The van der Waals surface area contributed by atoms with Crippen molar-refractivity contribution in [1.29, 1.82) is 0 Å². The lowest BCUT2D eigenvalue weighted by Gasteiger charge is -2.10. The minimum atomic E-state index is -2.45. The number of carbonyl (C=O) groups excluding carboxylic acids is 2. The summed E-state index contributed by atoms with van der Waals surface area (Å²) in [6.07, 6.45) is -1.48. The standard InChI is InChI=1S/C17H21F3O2/c18-12-8-3-1-2-7-11-14(19)17(22)15(20)16(21)13-9-5-4-6-10-13/h4-6,9-10,14-15H,1-3,7-8,11-12H2. The maximum Gasteiger partial charge on any atom is 0.223 e. The highest BCUT2D eigenvalue weighted by Crippen LogP contribution is 2.15. The van der Waals surface area contributed by atoms with Gasteiger partial charge in [-0.15, -0.1) is 0 Å². The Kier molecular flexibility index (Phi) is 8.48. The summed E-state index contributed by atoms with van der Waals surface area (Å²) in [5.74, 6) is -2.31. The van der Waals surface area contributed by atoms with Gasteiger partial charge in [-0.05, 0) is 12.8 Å². The Morgan fingerprint density at radius 2 is 1.50 bits per heavy atom. The molecule has 1 aromatic rings. The summed E-state index contributed by atoms with van der Waals surface area (Å²) < 4.78 is 39.4. The SMILES string of the molecule is O=C(c1ccccc1)C(F)C(=O)C(F)CCCCCCCF. The number of rotatable bonds is 11. The van der Waals surface area contributed by atoms with Gasteiger partial charge >= 0.3 is 0 Å². The Bertz CT molecular complexity index is 462. The molecule has 22 heavy (non-hydrogen) atoms. The van der Waals surface area contributed by atoms with E-state index in [0.717, 1.165) is 12.8 Å². The van der Waals surface area contributed by atoms with Crippen LogP contribution in [-0.2, 0) is 4.79 Å². The van der Waals surface area contributed by atoms with Gasteiger partial charge in [-0.1, -0.05) is 56.0 Å². The fraction of sp³-hybridized carbons (Fsp3) is 0.529. The zero-order chi connectivity index (χ0) is 16.4. The van der Waals surface area contributed by atoms with Gasteiger partial charge in [-0.3, -0.25) is 14.0 Å². The van der Waals surface area contributed by atoms with Crippen LogP contribution < -0.4 is 0 Å². The Balaban J connectivity index is 2.37. The fourth-order valence-corrected chi connectivity index (χ4v) is 2.13. The zero-order valence-corrected chi connectivity index (χ0v) is 12.4. The Morgan fingerprint density at radius 3 is 2.14 bits per heavy atom. The molecule has 0 saturated heterocycles. The van der Waals surface area contributed by atoms with Crippen molar-refractivity contribution in [3.63, 3.8) is 0 Å². The smallest absolute Gasteiger partial charge is 0.223 e. The molecule has 0 spiro atoms. The monoisotopic (exact) mass is 314 g/mol. The van der Waals surface area contributed by atoms with Gasteiger partial charge in [0.1, 0.15) is 0 Å². The van der Waals surface area contributed by atoms with E-state index in [2.05, 4.69) is 0 Å². The van der Waals surface area contributed by atoms with Crippen molar-refractivity contribution in [2.24, 2.45) is 0 Å². The van der Waals surface area contributed by atoms with E-state index in [1.54, 1.807) is 18.2 Å². The van der Waals surface area contributed by atoms with Gasteiger partial charge in [0.25, 0.3) is 0 Å². The van der Waals surface area contributed by atoms with Gasteiger partial charge in [0, 0.05) is 5.56 Å². The van der Waals surface area contributed by atoms with E-state index in [1.807, 2.05) is 0 Å². The minimum absolute atomic E-state index is 0.0572. The summed E-state index contributed by atoms with van der Waals surface area (Å²) in [7, 11) is 0. The summed E-state index contributed by atoms with van der Waals surface area (Å²) in [5.41, 5.74) is 0.0572. The molecule has 2 atom stereocenters. The molecular weight excluding hydrogens is 293 g/mol. The lowest BCUT2D eigenvalue weighted by atomic mass is 9.99. The number of Topliss-reactive ketones (excluding diaryl/α,β-unsaturated/α-hetero) is 2. The Morgan fingerprint density at radius 1 is 0.909 bits per heavy atom. The van der Waals surface area contributed by atoms with Crippen molar-refractivity contribution < 1.29 is 22.8 Å². The molecule has 1 aromatic carbocycles. The van der Waals surface area contributed by atoms with E-state index in [4.69, 9.17) is 0 Å². The second-order valence-electron chi connectivity index (χ2n) is 5.21. The lowest BCUT2D eigenvalue weighted by molar-refractivity contribution is -0.127. The second-order valence-corrected chi connectivity index (χ2v) is 5.21. The van der Waals surface area contributed by atoms with Crippen molar-refractivity contribution in [1.82, 2.24) is 0 Å². The quantitative estimate of drug-likeness (QED) is 0.344. The van der Waals surface area contributed by atoms with Crippen molar-refractivity contribution in [2.75, 3.05) is 6.67 Å². The number of ketones is 2. The largest absolute Gasteiger partial charge is 0.293 e. The third-order valence-electron chi connectivity index (χ3n) is 3.44. The molecule has 2 nitrogen and oxygen atoms in total. The second kappa shape index (κ2) is 10.1. The van der Waals surface area contributed by atoms with Gasteiger partial charge in [0.05, 0.1) is 6.67 Å². The van der Waals surface area contributed by atoms with Crippen LogP contribution in [0.1, 0.15) is 48.9 Å². The van der Waals surface area contributed by atoms with Gasteiger partial charge in [-0.25, -0.2) is 8.78 Å². The Labute approximate surface area is 128 Å². The van der Waals surface area contributed by atoms with Crippen LogP contribution in [0.5, 0.6) is 0 Å². The topological polar surface area (TPSA) is 34.1 Å². The van der Waals surface area contributed by atoms with Crippen LogP contribution in [0.25, 0.3) is 0 Å². The number of halogens is 3. The van der Waals surface area contributed by atoms with Crippen molar-refractivity contribution in [3.8, 4) is 0 Å². The maximum absolute atomic E-state index is 13.8. The third-order valence-corrected chi connectivity index (χ3v) is 3.44. The normalized spacial score (nSPS) is 13.6. The van der Waals surface area contributed by atoms with E-state index in [9.17, 15) is 22.8 Å². The van der Waals surface area contributed by atoms with Gasteiger partial charge in [0.2, 0.25) is 17.7 Å². The first kappa shape index (κ1) is 18.4. The molecule has 0 heterocycles. The molecule has 0 aliphatic rings. The first-order chi connectivity index (χ1) is 10.6. The molecule has 0 bridgehead atoms. The molecule has 5 heteroatoms. The molecule has 2 unspecified atom stereocenters. The van der Waals surface area contributed by atoms with Crippen LogP contribution in [0.4, 0.5) is 13.2 Å². The number of unbranched alkanes of at least 4 members (excludes halogenated alkanes) is 4. The molecule has 0 saturated carbocycles. The molecule has 0 aliphatic heterocycles. The van der Waals surface area contributed by atoms with Crippen LogP contribution in [0.3, 0.4) is 0 Å². The molecular formula is C17H21F3O2. The average molecular weight is 314 g/mol. The minimum Gasteiger partial charge on any atom is -0.293 e. The van der Waals surface area contributed by atoms with E-state index >= 15 is 0 Å². The highest BCUT2D eigenvalue weighted by Gasteiger charge is 2.32. The van der Waals surface area contributed by atoms with E-state index in [-0.39, 0.29) is 18.7 Å². The van der Waals surface area contributed by atoms with Crippen molar-refractivity contribution in [2.45, 2.75) is 50.9 Å². The summed E-state index contributed by atoms with van der Waals surface area (Å²) in [6.45, 7) is -0.366. The number of alkyl halides is 3. The van der Waals surface area contributed by atoms with Gasteiger partial charge in [-0.2, -0.15) is 0 Å². The van der Waals surface area contributed by atoms with Crippen LogP contribution in [-0.4, -0.2) is 30.6 Å². The van der Waals surface area contributed by atoms with Crippen LogP contribution in [0, 0.1) is 0 Å². The molecule has 0 radical (unpaired) electrons. The van der Waals surface area contributed by atoms with Crippen molar-refractivity contribution in [3.05, 3.63) is 35.9 Å². The highest BCUT2D eigenvalue weighted by atomic mass is 19.1. The fourth-order valence-electron chi connectivity index (χ4n) is 2.13. The molecule has 1 rings (SSSR count). The van der Waals surface area contributed by atoms with Crippen LogP contribution in [0.2, 0.25) is 0 Å². The summed E-state index contributed by atoms with van der Waals surface area (Å²) in [4.78, 5) is 23.3. The van der Waals surface area contributed by atoms with Gasteiger partial charge in [0.15, 0.2) is 6.17 Å². The molecule has 122 valence electrons. The number of benzene rings is 1. The predicted molar refractivity (Wildman–Crippen MR) is 79.2 cm³/mol. The third kappa shape index (κ3) is 6.00. The van der Waals surface area contributed by atoms with Crippen LogP contribution >= 0.6 is 0 Å². The van der Waals surface area contributed by atoms with Crippen molar-refractivity contribution >= 4 is 11.6 Å². The summed E-state index contributed by atoms with van der Waals surface area (Å²) in [5, 5.41) is 0. The summed E-state index contributed by atoms with van der Waals surface area (Å²) >= 11 is 0. The first-order valence-corrected chi connectivity index (χ1v) is 7.55. The molecule has 0 amide bonds. The van der Waals surface area contributed by atoms with E-state index < -0.39 is 23.9 Å². The maximum atomic E-state index is 13.8. The zero-order valence-electron chi connectivity index (χ0n) is 12.4. The first-order valence-electron chi connectivity index (χ1n) is 7.55. The molecule has 0 aromatic heterocycles. The molecule has 0 aliphatic carbocycles.